The van der Waals surface area contributed by atoms with Crippen molar-refractivity contribution in [2.24, 2.45) is 5.92 Å². The van der Waals surface area contributed by atoms with Gasteiger partial charge in [0.1, 0.15) is 0 Å². The van der Waals surface area contributed by atoms with E-state index in [2.05, 4.69) is 0 Å². The first-order valence-corrected chi connectivity index (χ1v) is 5.61. The number of anilines is 2. The Morgan fingerprint density at radius 3 is 2.88 bits per heavy atom. The van der Waals surface area contributed by atoms with Gasteiger partial charge < -0.3 is 20.8 Å². The van der Waals surface area contributed by atoms with E-state index in [1.165, 1.54) is 6.07 Å². The van der Waals surface area contributed by atoms with Gasteiger partial charge in [0, 0.05) is 25.6 Å². The average Bonchev–Trinajstić information content (AvgIpc) is 2.77. The Bertz CT molecular complexity index is 434. The molecule has 0 bridgehead atoms. The van der Waals surface area contributed by atoms with Gasteiger partial charge in [-0.2, -0.15) is 0 Å². The Labute approximate surface area is 99.5 Å². The highest BCUT2D eigenvalue weighted by Gasteiger charge is 2.24. The van der Waals surface area contributed by atoms with Crippen molar-refractivity contribution >= 4 is 17.3 Å². The minimum Gasteiger partial charge on any atom is -0.478 e. The molecule has 1 saturated heterocycles. The summed E-state index contributed by atoms with van der Waals surface area (Å²) in [6.07, 6.45) is 0.910. The summed E-state index contributed by atoms with van der Waals surface area (Å²) in [4.78, 5) is 13.0. The number of hydrogen-bond donors (Lipinski definition) is 3. The molecule has 5 nitrogen and oxygen atoms in total. The minimum absolute atomic E-state index is 0.134. The second-order valence-corrected chi connectivity index (χ2v) is 4.33. The third kappa shape index (κ3) is 2.19. The lowest BCUT2D eigenvalue weighted by Crippen LogP contribution is -2.22. The predicted octanol–water partition coefficient (Wildman–Crippen LogP) is 0.786. The SMILES string of the molecule is Nc1c(C(=O)O)cccc1N1CCC(CO)C1. The highest BCUT2D eigenvalue weighted by molar-refractivity contribution is 5.97. The van der Waals surface area contributed by atoms with Gasteiger partial charge in [0.05, 0.1) is 16.9 Å². The van der Waals surface area contributed by atoms with Crippen LogP contribution in [0.5, 0.6) is 0 Å². The van der Waals surface area contributed by atoms with E-state index in [-0.39, 0.29) is 18.1 Å². The maximum Gasteiger partial charge on any atom is 0.337 e. The maximum absolute atomic E-state index is 11.0. The van der Waals surface area contributed by atoms with Crippen molar-refractivity contribution in [3.8, 4) is 0 Å². The van der Waals surface area contributed by atoms with E-state index >= 15 is 0 Å². The van der Waals surface area contributed by atoms with Crippen LogP contribution >= 0.6 is 0 Å². The highest BCUT2D eigenvalue weighted by atomic mass is 16.4. The first kappa shape index (κ1) is 11.7. The largest absolute Gasteiger partial charge is 0.478 e. The normalized spacial score (nSPS) is 19.6. The number of rotatable bonds is 3. The van der Waals surface area contributed by atoms with Crippen LogP contribution in [0.3, 0.4) is 0 Å². The van der Waals surface area contributed by atoms with E-state index in [9.17, 15) is 4.79 Å². The fourth-order valence-electron chi connectivity index (χ4n) is 2.22. The van der Waals surface area contributed by atoms with E-state index in [1.54, 1.807) is 6.07 Å². The van der Waals surface area contributed by atoms with Crippen molar-refractivity contribution in [2.45, 2.75) is 6.42 Å². The summed E-state index contributed by atoms with van der Waals surface area (Å²) < 4.78 is 0. The van der Waals surface area contributed by atoms with Gasteiger partial charge in [0.2, 0.25) is 0 Å². The Kier molecular flexibility index (Phi) is 3.19. The number of aliphatic hydroxyl groups excluding tert-OH is 1. The lowest BCUT2D eigenvalue weighted by atomic mass is 10.1. The lowest BCUT2D eigenvalue weighted by Gasteiger charge is -2.21. The highest BCUT2D eigenvalue weighted by Crippen LogP contribution is 2.30. The zero-order chi connectivity index (χ0) is 12.4. The van der Waals surface area contributed by atoms with Crippen LogP contribution in [0.4, 0.5) is 11.4 Å². The van der Waals surface area contributed by atoms with Crippen LogP contribution in [0.15, 0.2) is 18.2 Å². The first-order chi connectivity index (χ1) is 8.13. The first-order valence-electron chi connectivity index (χ1n) is 5.61. The van der Waals surface area contributed by atoms with Gasteiger partial charge in [-0.25, -0.2) is 4.79 Å². The number of aliphatic hydroxyl groups is 1. The molecule has 0 saturated carbocycles. The molecule has 1 unspecified atom stereocenters. The monoisotopic (exact) mass is 236 g/mol. The van der Waals surface area contributed by atoms with Gasteiger partial charge in [-0.15, -0.1) is 0 Å². The van der Waals surface area contributed by atoms with Crippen LogP contribution in [0.2, 0.25) is 0 Å². The zero-order valence-electron chi connectivity index (χ0n) is 9.47. The summed E-state index contributed by atoms with van der Waals surface area (Å²) in [7, 11) is 0. The summed E-state index contributed by atoms with van der Waals surface area (Å²) in [5.74, 6) is -0.759. The number of benzene rings is 1. The molecule has 17 heavy (non-hydrogen) atoms. The van der Waals surface area contributed by atoms with Crippen LogP contribution in [0.25, 0.3) is 0 Å². The molecule has 1 aromatic rings. The van der Waals surface area contributed by atoms with Gasteiger partial charge in [-0.3, -0.25) is 0 Å². The van der Waals surface area contributed by atoms with Crippen LogP contribution in [0.1, 0.15) is 16.8 Å². The van der Waals surface area contributed by atoms with E-state index in [0.717, 1.165) is 25.2 Å². The number of nitrogen functional groups attached to an aromatic ring is 1. The number of hydrogen-bond acceptors (Lipinski definition) is 4. The van der Waals surface area contributed by atoms with Gasteiger partial charge in [-0.1, -0.05) is 6.07 Å². The van der Waals surface area contributed by atoms with Crippen molar-refractivity contribution in [2.75, 3.05) is 30.3 Å². The van der Waals surface area contributed by atoms with Crippen molar-refractivity contribution in [3.63, 3.8) is 0 Å². The van der Waals surface area contributed by atoms with Gasteiger partial charge in [0.15, 0.2) is 0 Å². The third-order valence-electron chi connectivity index (χ3n) is 3.20. The average molecular weight is 236 g/mol. The standard InChI is InChI=1S/C12H16N2O3/c13-11-9(12(16)17)2-1-3-10(11)14-5-4-8(6-14)7-15/h1-3,8,15H,4-7,13H2,(H,16,17). The Morgan fingerprint density at radius 1 is 1.53 bits per heavy atom. The fraction of sp³-hybridized carbons (Fsp3) is 0.417. The molecule has 92 valence electrons. The van der Waals surface area contributed by atoms with E-state index in [0.29, 0.717) is 5.69 Å². The Hall–Kier alpha value is -1.75. The number of aromatic carboxylic acids is 1. The Morgan fingerprint density at radius 2 is 2.29 bits per heavy atom. The van der Waals surface area contributed by atoms with Crippen LogP contribution in [-0.2, 0) is 0 Å². The predicted molar refractivity (Wildman–Crippen MR) is 65.2 cm³/mol. The summed E-state index contributed by atoms with van der Waals surface area (Å²) >= 11 is 0. The molecule has 1 fully saturated rings. The summed E-state index contributed by atoms with van der Waals surface area (Å²) in [6.45, 7) is 1.69. The molecule has 4 N–H and O–H groups in total. The van der Waals surface area contributed by atoms with E-state index in [4.69, 9.17) is 15.9 Å². The van der Waals surface area contributed by atoms with Crippen LogP contribution < -0.4 is 10.6 Å². The molecule has 1 atom stereocenters. The number of carboxylic acids is 1. The molecular weight excluding hydrogens is 220 g/mol. The van der Waals surface area contributed by atoms with Crippen molar-refractivity contribution < 1.29 is 15.0 Å². The molecule has 0 aliphatic carbocycles. The molecule has 1 aliphatic heterocycles. The second-order valence-electron chi connectivity index (χ2n) is 4.33. The van der Waals surface area contributed by atoms with Gasteiger partial charge >= 0.3 is 5.97 Å². The van der Waals surface area contributed by atoms with Crippen LogP contribution in [0, 0.1) is 5.92 Å². The van der Waals surface area contributed by atoms with Gasteiger partial charge in [-0.05, 0) is 18.6 Å². The van der Waals surface area contributed by atoms with Gasteiger partial charge in [0.25, 0.3) is 0 Å². The lowest BCUT2D eigenvalue weighted by molar-refractivity contribution is 0.0698. The maximum atomic E-state index is 11.0. The third-order valence-corrected chi connectivity index (χ3v) is 3.20. The number of nitrogens with two attached hydrogens (primary N) is 1. The van der Waals surface area contributed by atoms with Crippen molar-refractivity contribution in [3.05, 3.63) is 23.8 Å². The number of carboxylic acid groups (broad SMARTS) is 1. The molecule has 0 spiro atoms. The minimum atomic E-state index is -1.01. The van der Waals surface area contributed by atoms with Crippen molar-refractivity contribution in [1.29, 1.82) is 0 Å². The molecule has 1 aromatic carbocycles. The van der Waals surface area contributed by atoms with Crippen molar-refractivity contribution in [1.82, 2.24) is 0 Å². The fourth-order valence-corrected chi connectivity index (χ4v) is 2.22. The molecular formula is C12H16N2O3. The summed E-state index contributed by atoms with van der Waals surface area (Å²) in [6, 6.07) is 5.02. The molecule has 1 aliphatic rings. The summed E-state index contributed by atoms with van der Waals surface area (Å²) in [5, 5.41) is 18.1. The second kappa shape index (κ2) is 4.63. The number of carbonyl (C=O) groups is 1. The molecule has 0 amide bonds. The molecule has 0 radical (unpaired) electrons. The molecule has 2 rings (SSSR count). The van der Waals surface area contributed by atoms with E-state index in [1.807, 2.05) is 11.0 Å². The number of nitrogens with zero attached hydrogens (tertiary/aromatic N) is 1. The quantitative estimate of drug-likeness (QED) is 0.675. The topological polar surface area (TPSA) is 86.8 Å². The Balaban J connectivity index is 2.28. The smallest absolute Gasteiger partial charge is 0.337 e. The molecule has 1 heterocycles. The molecule has 5 heteroatoms. The van der Waals surface area contributed by atoms with Crippen LogP contribution in [-0.4, -0.2) is 35.9 Å². The zero-order valence-corrected chi connectivity index (χ0v) is 9.47. The van der Waals surface area contributed by atoms with E-state index < -0.39 is 5.97 Å². The number of para-hydroxylation sites is 1. The molecule has 0 aromatic heterocycles. The summed E-state index contributed by atoms with van der Waals surface area (Å²) in [5.41, 5.74) is 7.06.